The summed E-state index contributed by atoms with van der Waals surface area (Å²) < 4.78 is 26.6. The predicted molar refractivity (Wildman–Crippen MR) is 63.5 cm³/mol. The molecular formula is C12H14O4S. The standard InChI is InChI=1S/C12H14O4S/c1-8-5-9-3-4-12(13)11(9)6-10(8)7-16-17(2,14)15/h5-6H,3-4,7H2,1-2H3. The number of rotatable bonds is 3. The van der Waals surface area contributed by atoms with Crippen LogP contribution >= 0.6 is 0 Å². The Morgan fingerprint density at radius 1 is 1.29 bits per heavy atom. The maximum atomic E-state index is 11.6. The van der Waals surface area contributed by atoms with Crippen molar-refractivity contribution in [3.05, 3.63) is 34.4 Å². The SMILES string of the molecule is Cc1cc2c(cc1COS(C)(=O)=O)C(=O)CC2. The zero-order valence-electron chi connectivity index (χ0n) is 9.82. The molecule has 0 atom stereocenters. The van der Waals surface area contributed by atoms with Crippen molar-refractivity contribution in [2.45, 2.75) is 26.4 Å². The van der Waals surface area contributed by atoms with E-state index in [1.165, 1.54) is 0 Å². The number of hydrogen-bond acceptors (Lipinski definition) is 4. The van der Waals surface area contributed by atoms with E-state index in [2.05, 4.69) is 0 Å². The minimum Gasteiger partial charge on any atom is -0.294 e. The molecule has 0 saturated carbocycles. The first-order valence-electron chi connectivity index (χ1n) is 5.37. The van der Waals surface area contributed by atoms with Crippen LogP contribution < -0.4 is 0 Å². The summed E-state index contributed by atoms with van der Waals surface area (Å²) in [4.78, 5) is 11.6. The molecule has 92 valence electrons. The monoisotopic (exact) mass is 254 g/mol. The third-order valence-electron chi connectivity index (χ3n) is 2.91. The van der Waals surface area contributed by atoms with Crippen molar-refractivity contribution in [1.29, 1.82) is 0 Å². The fraction of sp³-hybridized carbons (Fsp3) is 0.417. The summed E-state index contributed by atoms with van der Waals surface area (Å²) in [6.45, 7) is 1.88. The molecule has 17 heavy (non-hydrogen) atoms. The van der Waals surface area contributed by atoms with Crippen LogP contribution in [0.5, 0.6) is 0 Å². The molecule has 0 N–H and O–H groups in total. The van der Waals surface area contributed by atoms with Gasteiger partial charge in [-0.15, -0.1) is 0 Å². The van der Waals surface area contributed by atoms with E-state index >= 15 is 0 Å². The number of carbonyl (C=O) groups excluding carboxylic acids is 1. The van der Waals surface area contributed by atoms with Crippen molar-refractivity contribution in [1.82, 2.24) is 0 Å². The van der Waals surface area contributed by atoms with Gasteiger partial charge in [-0.05, 0) is 36.1 Å². The average Bonchev–Trinajstić information content (AvgIpc) is 2.55. The molecule has 0 aliphatic heterocycles. The number of benzene rings is 1. The lowest BCUT2D eigenvalue weighted by Gasteiger charge is -2.08. The van der Waals surface area contributed by atoms with E-state index in [0.29, 0.717) is 12.0 Å². The van der Waals surface area contributed by atoms with Crippen LogP contribution in [0.3, 0.4) is 0 Å². The molecule has 2 rings (SSSR count). The molecule has 0 unspecified atom stereocenters. The average molecular weight is 254 g/mol. The summed E-state index contributed by atoms with van der Waals surface area (Å²) in [7, 11) is -3.45. The lowest BCUT2D eigenvalue weighted by atomic mass is 10.0. The topological polar surface area (TPSA) is 60.4 Å². The summed E-state index contributed by atoms with van der Waals surface area (Å²) in [5.74, 6) is 0.126. The van der Waals surface area contributed by atoms with Gasteiger partial charge < -0.3 is 0 Å². The Hall–Kier alpha value is -1.20. The van der Waals surface area contributed by atoms with E-state index in [1.54, 1.807) is 6.07 Å². The minimum absolute atomic E-state index is 0.00870. The van der Waals surface area contributed by atoms with E-state index in [4.69, 9.17) is 4.18 Å². The van der Waals surface area contributed by atoms with Crippen molar-refractivity contribution < 1.29 is 17.4 Å². The van der Waals surface area contributed by atoms with Gasteiger partial charge in [0, 0.05) is 12.0 Å². The zero-order chi connectivity index (χ0) is 12.6. The van der Waals surface area contributed by atoms with Gasteiger partial charge in [0.05, 0.1) is 12.9 Å². The fourth-order valence-corrected chi connectivity index (χ4v) is 2.33. The second-order valence-electron chi connectivity index (χ2n) is 4.33. The number of carbonyl (C=O) groups is 1. The van der Waals surface area contributed by atoms with E-state index < -0.39 is 10.1 Å². The molecule has 4 nitrogen and oxygen atoms in total. The van der Waals surface area contributed by atoms with Gasteiger partial charge in [0.25, 0.3) is 10.1 Å². The maximum Gasteiger partial charge on any atom is 0.264 e. The molecule has 0 aromatic heterocycles. The summed E-state index contributed by atoms with van der Waals surface area (Å²) in [6.07, 6.45) is 2.34. The predicted octanol–water partition coefficient (Wildman–Crippen LogP) is 1.60. The van der Waals surface area contributed by atoms with Crippen LogP contribution in [-0.2, 0) is 27.3 Å². The quantitative estimate of drug-likeness (QED) is 0.769. The maximum absolute atomic E-state index is 11.6. The fourth-order valence-electron chi connectivity index (χ4n) is 1.99. The molecule has 0 heterocycles. The Morgan fingerprint density at radius 2 is 2.00 bits per heavy atom. The highest BCUT2D eigenvalue weighted by molar-refractivity contribution is 7.85. The Labute approximate surface area is 101 Å². The molecule has 0 bridgehead atoms. The van der Waals surface area contributed by atoms with Crippen molar-refractivity contribution in [2.24, 2.45) is 0 Å². The molecule has 5 heteroatoms. The van der Waals surface area contributed by atoms with Gasteiger partial charge in [-0.3, -0.25) is 8.98 Å². The lowest BCUT2D eigenvalue weighted by molar-refractivity contribution is 0.0994. The van der Waals surface area contributed by atoms with Crippen LogP contribution in [0.1, 0.15) is 33.5 Å². The van der Waals surface area contributed by atoms with E-state index in [1.807, 2.05) is 13.0 Å². The lowest BCUT2D eigenvalue weighted by Crippen LogP contribution is -2.05. The number of aryl methyl sites for hydroxylation is 2. The molecular weight excluding hydrogens is 240 g/mol. The Kier molecular flexibility index (Phi) is 3.05. The third-order valence-corrected chi connectivity index (χ3v) is 3.46. The molecule has 0 fully saturated rings. The molecule has 0 amide bonds. The zero-order valence-corrected chi connectivity index (χ0v) is 10.6. The van der Waals surface area contributed by atoms with Gasteiger partial charge in [0.1, 0.15) is 0 Å². The first-order chi connectivity index (χ1) is 7.87. The number of fused-ring (bicyclic) bond motifs is 1. The van der Waals surface area contributed by atoms with E-state index in [-0.39, 0.29) is 12.4 Å². The number of Topliss-reactive ketones (excluding diaryl/α,β-unsaturated/α-hetero) is 1. The summed E-state index contributed by atoms with van der Waals surface area (Å²) in [5.41, 5.74) is 3.48. The number of hydrogen-bond donors (Lipinski definition) is 0. The van der Waals surface area contributed by atoms with Gasteiger partial charge in [0.2, 0.25) is 0 Å². The molecule has 1 aliphatic rings. The van der Waals surface area contributed by atoms with Crippen molar-refractivity contribution >= 4 is 15.9 Å². The van der Waals surface area contributed by atoms with Gasteiger partial charge in [-0.2, -0.15) is 8.42 Å². The second kappa shape index (κ2) is 4.23. The van der Waals surface area contributed by atoms with Crippen LogP contribution in [0.2, 0.25) is 0 Å². The normalized spacial score (nSPS) is 15.1. The highest BCUT2D eigenvalue weighted by atomic mass is 32.2. The van der Waals surface area contributed by atoms with Gasteiger partial charge in [0.15, 0.2) is 5.78 Å². The highest BCUT2D eigenvalue weighted by Gasteiger charge is 2.21. The largest absolute Gasteiger partial charge is 0.294 e. The minimum atomic E-state index is -3.45. The first kappa shape index (κ1) is 12.3. The first-order valence-corrected chi connectivity index (χ1v) is 7.18. The molecule has 0 saturated heterocycles. The van der Waals surface area contributed by atoms with Crippen LogP contribution in [0.25, 0.3) is 0 Å². The summed E-state index contributed by atoms with van der Waals surface area (Å²) >= 11 is 0. The molecule has 1 aromatic carbocycles. The Balaban J connectivity index is 2.30. The van der Waals surface area contributed by atoms with Gasteiger partial charge in [-0.25, -0.2) is 0 Å². The van der Waals surface area contributed by atoms with Crippen LogP contribution in [0.4, 0.5) is 0 Å². The van der Waals surface area contributed by atoms with E-state index in [9.17, 15) is 13.2 Å². The smallest absolute Gasteiger partial charge is 0.264 e. The summed E-state index contributed by atoms with van der Waals surface area (Å²) in [6, 6.07) is 3.70. The van der Waals surface area contributed by atoms with Crippen LogP contribution in [0, 0.1) is 6.92 Å². The Bertz CT molecular complexity index is 572. The molecule has 1 aromatic rings. The van der Waals surface area contributed by atoms with Crippen molar-refractivity contribution in [3.63, 3.8) is 0 Å². The van der Waals surface area contributed by atoms with Crippen molar-refractivity contribution in [3.8, 4) is 0 Å². The number of ketones is 1. The Morgan fingerprint density at radius 3 is 2.65 bits per heavy atom. The van der Waals surface area contributed by atoms with E-state index in [0.717, 1.165) is 29.4 Å². The molecule has 0 radical (unpaired) electrons. The summed E-state index contributed by atoms with van der Waals surface area (Å²) in [5, 5.41) is 0. The highest BCUT2D eigenvalue weighted by Crippen LogP contribution is 2.26. The second-order valence-corrected chi connectivity index (χ2v) is 5.97. The third kappa shape index (κ3) is 2.73. The molecule has 1 aliphatic carbocycles. The van der Waals surface area contributed by atoms with Gasteiger partial charge >= 0.3 is 0 Å². The van der Waals surface area contributed by atoms with Crippen LogP contribution in [-0.4, -0.2) is 20.5 Å². The van der Waals surface area contributed by atoms with Gasteiger partial charge in [-0.1, -0.05) is 6.07 Å². The van der Waals surface area contributed by atoms with Crippen LogP contribution in [0.15, 0.2) is 12.1 Å². The molecule has 0 spiro atoms. The van der Waals surface area contributed by atoms with Crippen molar-refractivity contribution in [2.75, 3.05) is 6.26 Å².